The quantitative estimate of drug-likeness (QED) is 0.679. The van der Waals surface area contributed by atoms with E-state index in [0.29, 0.717) is 6.04 Å². The van der Waals surface area contributed by atoms with Crippen molar-refractivity contribution < 1.29 is 4.79 Å². The molecule has 0 spiro atoms. The van der Waals surface area contributed by atoms with Crippen molar-refractivity contribution in [3.05, 3.63) is 11.1 Å². The number of rotatable bonds is 4. The zero-order valence-electron chi connectivity index (χ0n) is 11.6. The highest BCUT2D eigenvalue weighted by molar-refractivity contribution is 8.02. The summed E-state index contributed by atoms with van der Waals surface area (Å²) in [6, 6.07) is 0.385. The molecule has 3 nitrogen and oxygen atoms in total. The number of aromatic nitrogens is 1. The molecule has 1 fully saturated rings. The highest BCUT2D eigenvalue weighted by Crippen LogP contribution is 2.27. The van der Waals surface area contributed by atoms with E-state index in [1.807, 2.05) is 19.2 Å². The molecule has 0 bridgehead atoms. The van der Waals surface area contributed by atoms with Gasteiger partial charge in [-0.05, 0) is 26.7 Å². The van der Waals surface area contributed by atoms with Crippen LogP contribution in [0, 0.1) is 6.92 Å². The normalized spacial score (nSPS) is 18.8. The summed E-state index contributed by atoms with van der Waals surface area (Å²) in [5.41, 5.74) is 1.03. The molecule has 2 rings (SSSR count). The molecule has 106 valence electrons. The Morgan fingerprint density at radius 2 is 2.11 bits per heavy atom. The van der Waals surface area contributed by atoms with Crippen molar-refractivity contribution in [3.63, 3.8) is 0 Å². The van der Waals surface area contributed by atoms with Gasteiger partial charge in [-0.2, -0.15) is 0 Å². The molecule has 0 saturated heterocycles. The minimum Gasteiger partial charge on any atom is -0.352 e. The third-order valence-corrected chi connectivity index (χ3v) is 5.64. The molecule has 0 aliphatic heterocycles. The number of nitrogens with one attached hydrogen (secondary N) is 1. The van der Waals surface area contributed by atoms with E-state index in [1.54, 1.807) is 23.1 Å². The second kappa shape index (κ2) is 7.29. The summed E-state index contributed by atoms with van der Waals surface area (Å²) in [6.45, 7) is 3.95. The summed E-state index contributed by atoms with van der Waals surface area (Å²) < 4.78 is 0.987. The van der Waals surface area contributed by atoms with Gasteiger partial charge in [0.1, 0.15) is 0 Å². The average Bonchev–Trinajstić information content (AvgIpc) is 2.64. The van der Waals surface area contributed by atoms with Crippen LogP contribution in [0.3, 0.4) is 0 Å². The molecular formula is C14H22N2OS2. The van der Waals surface area contributed by atoms with Crippen LogP contribution in [0.4, 0.5) is 0 Å². The van der Waals surface area contributed by atoms with E-state index in [1.165, 1.54) is 25.7 Å². The van der Waals surface area contributed by atoms with Gasteiger partial charge in [0.05, 0.1) is 5.25 Å². The van der Waals surface area contributed by atoms with Crippen LogP contribution in [0.1, 0.15) is 51.1 Å². The molecular weight excluding hydrogens is 276 g/mol. The van der Waals surface area contributed by atoms with Crippen LogP contribution in [-0.2, 0) is 4.79 Å². The number of hydrogen-bond donors (Lipinski definition) is 1. The van der Waals surface area contributed by atoms with Gasteiger partial charge < -0.3 is 5.32 Å². The molecule has 1 aliphatic carbocycles. The van der Waals surface area contributed by atoms with E-state index in [4.69, 9.17) is 0 Å². The van der Waals surface area contributed by atoms with Gasteiger partial charge >= 0.3 is 0 Å². The maximum atomic E-state index is 12.2. The zero-order valence-corrected chi connectivity index (χ0v) is 13.3. The molecule has 1 atom stereocenters. The molecule has 1 saturated carbocycles. The summed E-state index contributed by atoms with van der Waals surface area (Å²) in [7, 11) is 0. The zero-order chi connectivity index (χ0) is 13.7. The largest absolute Gasteiger partial charge is 0.352 e. The molecule has 0 aromatic carbocycles. The lowest BCUT2D eigenvalue weighted by atomic mass is 10.1. The molecule has 0 radical (unpaired) electrons. The lowest BCUT2D eigenvalue weighted by Gasteiger charge is -2.18. The van der Waals surface area contributed by atoms with E-state index in [9.17, 15) is 4.79 Å². The Morgan fingerprint density at radius 1 is 1.42 bits per heavy atom. The Labute approximate surface area is 123 Å². The first-order chi connectivity index (χ1) is 9.15. The van der Waals surface area contributed by atoms with Gasteiger partial charge in [-0.1, -0.05) is 37.4 Å². The number of thiazole rings is 1. The van der Waals surface area contributed by atoms with Crippen molar-refractivity contribution in [1.29, 1.82) is 0 Å². The van der Waals surface area contributed by atoms with Crippen LogP contribution in [0.5, 0.6) is 0 Å². The second-order valence-corrected chi connectivity index (χ2v) is 7.66. The smallest absolute Gasteiger partial charge is 0.233 e. The number of nitrogens with zero attached hydrogens (tertiary/aromatic N) is 1. The summed E-state index contributed by atoms with van der Waals surface area (Å²) in [5.74, 6) is 0.157. The third-order valence-electron chi connectivity index (χ3n) is 3.45. The van der Waals surface area contributed by atoms with Crippen molar-refractivity contribution in [3.8, 4) is 0 Å². The van der Waals surface area contributed by atoms with Gasteiger partial charge in [0.15, 0.2) is 4.34 Å². The van der Waals surface area contributed by atoms with Gasteiger partial charge in [0.2, 0.25) is 5.91 Å². The van der Waals surface area contributed by atoms with E-state index < -0.39 is 0 Å². The fourth-order valence-electron chi connectivity index (χ4n) is 2.33. The number of carbonyl (C=O) groups excluding carboxylic acids is 1. The van der Waals surface area contributed by atoms with Crippen LogP contribution >= 0.6 is 23.1 Å². The molecule has 1 heterocycles. The lowest BCUT2D eigenvalue weighted by molar-refractivity contribution is -0.121. The summed E-state index contributed by atoms with van der Waals surface area (Å²) in [6.07, 6.45) is 7.40. The van der Waals surface area contributed by atoms with E-state index in [2.05, 4.69) is 10.3 Å². The Bertz CT molecular complexity index is 411. The van der Waals surface area contributed by atoms with Crippen LogP contribution < -0.4 is 5.32 Å². The summed E-state index contributed by atoms with van der Waals surface area (Å²) in [4.78, 5) is 16.6. The highest BCUT2D eigenvalue weighted by Gasteiger charge is 2.20. The predicted molar refractivity (Wildman–Crippen MR) is 81.8 cm³/mol. The first kappa shape index (κ1) is 14.9. The van der Waals surface area contributed by atoms with Gasteiger partial charge in [-0.3, -0.25) is 4.79 Å². The van der Waals surface area contributed by atoms with Crippen LogP contribution in [0.25, 0.3) is 0 Å². The van der Waals surface area contributed by atoms with Crippen molar-refractivity contribution in [2.24, 2.45) is 0 Å². The number of amides is 1. The van der Waals surface area contributed by atoms with E-state index in [-0.39, 0.29) is 11.2 Å². The first-order valence-corrected chi connectivity index (χ1v) is 8.80. The SMILES string of the molecule is Cc1csc(S[C@H](C)C(=O)NC2CCCCCC2)n1. The molecule has 1 N–H and O–H groups in total. The maximum Gasteiger partial charge on any atom is 0.233 e. The molecule has 5 heteroatoms. The Morgan fingerprint density at radius 3 is 2.68 bits per heavy atom. The topological polar surface area (TPSA) is 42.0 Å². The first-order valence-electron chi connectivity index (χ1n) is 7.04. The fourth-order valence-corrected chi connectivity index (χ4v) is 4.33. The Balaban J connectivity index is 1.81. The minimum atomic E-state index is -0.0613. The van der Waals surface area contributed by atoms with Gasteiger partial charge in [-0.25, -0.2) is 4.98 Å². The average molecular weight is 298 g/mol. The van der Waals surface area contributed by atoms with Crippen molar-refractivity contribution in [1.82, 2.24) is 10.3 Å². The molecule has 1 amide bonds. The van der Waals surface area contributed by atoms with Crippen molar-refractivity contribution in [2.45, 2.75) is 68.0 Å². The van der Waals surface area contributed by atoms with E-state index >= 15 is 0 Å². The summed E-state index contributed by atoms with van der Waals surface area (Å²) in [5, 5.41) is 5.17. The number of carbonyl (C=O) groups is 1. The maximum absolute atomic E-state index is 12.2. The molecule has 1 aromatic rings. The standard InChI is InChI=1S/C14H22N2OS2/c1-10-9-18-14(15-10)19-11(2)13(17)16-12-7-5-3-4-6-8-12/h9,11-12H,3-8H2,1-2H3,(H,16,17)/t11-/m1/s1. The van der Waals surface area contributed by atoms with Crippen molar-refractivity contribution >= 4 is 29.0 Å². The summed E-state index contributed by atoms with van der Waals surface area (Å²) >= 11 is 3.18. The highest BCUT2D eigenvalue weighted by atomic mass is 32.2. The van der Waals surface area contributed by atoms with Gasteiger partial charge in [-0.15, -0.1) is 11.3 Å². The molecule has 0 unspecified atom stereocenters. The van der Waals surface area contributed by atoms with Crippen molar-refractivity contribution in [2.75, 3.05) is 0 Å². The van der Waals surface area contributed by atoms with Crippen LogP contribution in [0.15, 0.2) is 9.72 Å². The van der Waals surface area contributed by atoms with E-state index in [0.717, 1.165) is 22.9 Å². The van der Waals surface area contributed by atoms with Gasteiger partial charge in [0.25, 0.3) is 0 Å². The molecule has 1 aliphatic rings. The van der Waals surface area contributed by atoms with Gasteiger partial charge in [0, 0.05) is 17.1 Å². The molecule has 1 aromatic heterocycles. The predicted octanol–water partition coefficient (Wildman–Crippen LogP) is 3.77. The third kappa shape index (κ3) is 4.80. The van der Waals surface area contributed by atoms with Crippen LogP contribution in [-0.4, -0.2) is 22.2 Å². The van der Waals surface area contributed by atoms with Crippen LogP contribution in [0.2, 0.25) is 0 Å². The minimum absolute atomic E-state index is 0.0613. The Hall–Kier alpha value is -0.550. The number of thioether (sulfide) groups is 1. The number of aryl methyl sites for hydroxylation is 1. The fraction of sp³-hybridized carbons (Fsp3) is 0.714. The monoisotopic (exact) mass is 298 g/mol. The molecule has 19 heavy (non-hydrogen) atoms. The number of hydrogen-bond acceptors (Lipinski definition) is 4. The lowest BCUT2D eigenvalue weighted by Crippen LogP contribution is -2.39. The Kier molecular flexibility index (Phi) is 5.70. The second-order valence-electron chi connectivity index (χ2n) is 5.21.